The first-order valence-corrected chi connectivity index (χ1v) is 8.55. The molecule has 3 heterocycles. The second-order valence-corrected chi connectivity index (χ2v) is 6.54. The lowest BCUT2D eigenvalue weighted by Crippen LogP contribution is -2.24. The van der Waals surface area contributed by atoms with E-state index in [9.17, 15) is 4.79 Å². The van der Waals surface area contributed by atoms with Crippen LogP contribution in [0.15, 0.2) is 36.7 Å². The molecule has 3 aromatic rings. The van der Waals surface area contributed by atoms with Crippen molar-refractivity contribution in [2.75, 3.05) is 13.2 Å². The molecular weight excluding hydrogens is 316 g/mol. The first-order chi connectivity index (χ1) is 12.2. The molecule has 0 saturated carbocycles. The predicted octanol–water partition coefficient (Wildman–Crippen LogP) is 2.57. The van der Waals surface area contributed by atoms with E-state index in [0.717, 1.165) is 40.6 Å². The van der Waals surface area contributed by atoms with Crippen molar-refractivity contribution >= 4 is 16.6 Å². The Morgan fingerprint density at radius 2 is 2.08 bits per heavy atom. The lowest BCUT2D eigenvalue weighted by atomic mass is 9.92. The number of ether oxygens (including phenoxy) is 1. The Morgan fingerprint density at radius 3 is 2.84 bits per heavy atom. The van der Waals surface area contributed by atoms with Gasteiger partial charge in [0.25, 0.3) is 0 Å². The van der Waals surface area contributed by atoms with Gasteiger partial charge in [0.2, 0.25) is 0 Å². The zero-order valence-electron chi connectivity index (χ0n) is 14.2. The van der Waals surface area contributed by atoms with Crippen LogP contribution in [0, 0.1) is 5.92 Å². The molecule has 0 bridgehead atoms. The van der Waals surface area contributed by atoms with Crippen molar-refractivity contribution in [3.8, 4) is 11.3 Å². The maximum atomic E-state index is 12.5. The first-order valence-electron chi connectivity index (χ1n) is 8.55. The van der Waals surface area contributed by atoms with Crippen LogP contribution < -0.4 is 0 Å². The number of aromatic nitrogens is 4. The smallest absolute Gasteiger partial charge is 0.142 e. The highest BCUT2D eigenvalue weighted by molar-refractivity contribution is 5.88. The molecule has 0 unspecified atom stereocenters. The fourth-order valence-corrected chi connectivity index (χ4v) is 3.26. The van der Waals surface area contributed by atoms with Crippen LogP contribution in [0.25, 0.3) is 22.0 Å². The van der Waals surface area contributed by atoms with Gasteiger partial charge in [-0.25, -0.2) is 0 Å². The van der Waals surface area contributed by atoms with E-state index in [1.165, 1.54) is 0 Å². The molecule has 0 N–H and O–H groups in total. The van der Waals surface area contributed by atoms with Crippen molar-refractivity contribution < 1.29 is 9.53 Å². The van der Waals surface area contributed by atoms with Crippen LogP contribution in [0.2, 0.25) is 0 Å². The third-order valence-corrected chi connectivity index (χ3v) is 4.71. The third kappa shape index (κ3) is 3.44. The van der Waals surface area contributed by atoms with Gasteiger partial charge < -0.3 is 4.74 Å². The Balaban J connectivity index is 1.59. The molecule has 128 valence electrons. The van der Waals surface area contributed by atoms with Crippen LogP contribution in [0.3, 0.4) is 0 Å². The van der Waals surface area contributed by atoms with Crippen LogP contribution in [-0.4, -0.2) is 39.0 Å². The number of hydrogen-bond acceptors (Lipinski definition) is 5. The van der Waals surface area contributed by atoms with Gasteiger partial charge >= 0.3 is 0 Å². The molecule has 0 amide bonds. The Morgan fingerprint density at radius 1 is 1.24 bits per heavy atom. The second kappa shape index (κ2) is 6.72. The zero-order chi connectivity index (χ0) is 17.2. The molecule has 1 aliphatic rings. The van der Waals surface area contributed by atoms with Crippen molar-refractivity contribution in [1.29, 1.82) is 0 Å². The standard InChI is InChI=1S/C19H20N4O2/c1-23-12-18(21-22-23)14-2-3-15-11-20-17(9-16(15)8-14)10-19(24)13-4-6-25-7-5-13/h2-3,8-9,11-13H,4-7,10H2,1H3. The van der Waals surface area contributed by atoms with E-state index in [1.807, 2.05) is 37.6 Å². The van der Waals surface area contributed by atoms with E-state index in [1.54, 1.807) is 4.68 Å². The van der Waals surface area contributed by atoms with Gasteiger partial charge in [0.1, 0.15) is 11.5 Å². The molecule has 1 fully saturated rings. The van der Waals surface area contributed by atoms with Gasteiger partial charge in [-0.05, 0) is 30.4 Å². The number of fused-ring (bicyclic) bond motifs is 1. The predicted molar refractivity (Wildman–Crippen MR) is 94.0 cm³/mol. The Bertz CT molecular complexity index is 913. The topological polar surface area (TPSA) is 69.9 Å². The van der Waals surface area contributed by atoms with Crippen LogP contribution in [0.4, 0.5) is 0 Å². The summed E-state index contributed by atoms with van der Waals surface area (Å²) in [5.41, 5.74) is 2.66. The largest absolute Gasteiger partial charge is 0.381 e. The maximum Gasteiger partial charge on any atom is 0.142 e. The maximum absolute atomic E-state index is 12.5. The molecule has 6 nitrogen and oxygen atoms in total. The lowest BCUT2D eigenvalue weighted by molar-refractivity contribution is -0.125. The SMILES string of the molecule is Cn1cc(-c2ccc3cnc(CC(=O)C4CCOCC4)cc3c2)nn1. The minimum atomic E-state index is 0.108. The number of Topliss-reactive ketones (excluding diaryl/α,β-unsaturated/α-hetero) is 1. The molecule has 6 heteroatoms. The van der Waals surface area contributed by atoms with Gasteiger partial charge in [0.05, 0.1) is 6.20 Å². The summed E-state index contributed by atoms with van der Waals surface area (Å²) in [6.07, 6.45) is 5.75. The fraction of sp³-hybridized carbons (Fsp3) is 0.368. The summed E-state index contributed by atoms with van der Waals surface area (Å²) in [6.45, 7) is 1.37. The molecule has 0 spiro atoms. The molecule has 1 saturated heterocycles. The average Bonchev–Trinajstić information content (AvgIpc) is 3.08. The molecule has 1 aliphatic heterocycles. The van der Waals surface area contributed by atoms with Gasteiger partial charge in [0, 0.05) is 55.4 Å². The first kappa shape index (κ1) is 15.9. The van der Waals surface area contributed by atoms with Crippen molar-refractivity contribution in [3.05, 3.63) is 42.4 Å². The Kier molecular flexibility index (Phi) is 4.28. The van der Waals surface area contributed by atoms with E-state index in [0.29, 0.717) is 19.6 Å². The molecule has 0 radical (unpaired) electrons. The van der Waals surface area contributed by atoms with Crippen LogP contribution >= 0.6 is 0 Å². The molecule has 0 atom stereocenters. The third-order valence-electron chi connectivity index (χ3n) is 4.71. The minimum absolute atomic E-state index is 0.108. The summed E-state index contributed by atoms with van der Waals surface area (Å²) < 4.78 is 7.02. The summed E-state index contributed by atoms with van der Waals surface area (Å²) in [6, 6.07) is 8.12. The van der Waals surface area contributed by atoms with Crippen molar-refractivity contribution in [1.82, 2.24) is 20.0 Å². The van der Waals surface area contributed by atoms with Gasteiger partial charge in [0.15, 0.2) is 0 Å². The van der Waals surface area contributed by atoms with Crippen LogP contribution in [-0.2, 0) is 23.0 Å². The monoisotopic (exact) mass is 336 g/mol. The summed E-state index contributed by atoms with van der Waals surface area (Å²) in [7, 11) is 1.85. The summed E-state index contributed by atoms with van der Waals surface area (Å²) >= 11 is 0. The van der Waals surface area contributed by atoms with Crippen molar-refractivity contribution in [2.45, 2.75) is 19.3 Å². The molecule has 2 aromatic heterocycles. The number of aryl methyl sites for hydroxylation is 1. The Labute approximate surface area is 145 Å². The summed E-state index contributed by atoms with van der Waals surface area (Å²) in [4.78, 5) is 16.9. The molecule has 1 aromatic carbocycles. The number of carbonyl (C=O) groups is 1. The average molecular weight is 336 g/mol. The highest BCUT2D eigenvalue weighted by atomic mass is 16.5. The van der Waals surface area contributed by atoms with E-state index in [4.69, 9.17) is 4.74 Å². The quantitative estimate of drug-likeness (QED) is 0.732. The number of benzene rings is 1. The molecule has 4 rings (SSSR count). The highest BCUT2D eigenvalue weighted by Crippen LogP contribution is 2.24. The van der Waals surface area contributed by atoms with Crippen molar-refractivity contribution in [3.63, 3.8) is 0 Å². The van der Waals surface area contributed by atoms with Gasteiger partial charge in [-0.1, -0.05) is 17.3 Å². The second-order valence-electron chi connectivity index (χ2n) is 6.54. The van der Waals surface area contributed by atoms with E-state index >= 15 is 0 Å². The molecule has 0 aliphatic carbocycles. The fourth-order valence-electron chi connectivity index (χ4n) is 3.26. The number of pyridine rings is 1. The van der Waals surface area contributed by atoms with Crippen LogP contribution in [0.5, 0.6) is 0 Å². The van der Waals surface area contributed by atoms with Gasteiger partial charge in [-0.3, -0.25) is 14.5 Å². The number of rotatable bonds is 4. The normalized spacial score (nSPS) is 15.6. The number of hydrogen-bond donors (Lipinski definition) is 0. The van der Waals surface area contributed by atoms with E-state index in [2.05, 4.69) is 21.4 Å². The number of carbonyl (C=O) groups excluding carboxylic acids is 1. The highest BCUT2D eigenvalue weighted by Gasteiger charge is 2.21. The number of nitrogens with zero attached hydrogens (tertiary/aromatic N) is 4. The van der Waals surface area contributed by atoms with E-state index in [-0.39, 0.29) is 11.7 Å². The lowest BCUT2D eigenvalue weighted by Gasteiger charge is -2.20. The van der Waals surface area contributed by atoms with Gasteiger partial charge in [-0.15, -0.1) is 5.10 Å². The zero-order valence-corrected chi connectivity index (χ0v) is 14.2. The molecule has 25 heavy (non-hydrogen) atoms. The minimum Gasteiger partial charge on any atom is -0.381 e. The molecular formula is C19H20N4O2. The van der Waals surface area contributed by atoms with Crippen molar-refractivity contribution in [2.24, 2.45) is 13.0 Å². The summed E-state index contributed by atoms with van der Waals surface area (Å²) in [5, 5.41) is 10.3. The van der Waals surface area contributed by atoms with Gasteiger partial charge in [-0.2, -0.15) is 0 Å². The number of ketones is 1. The van der Waals surface area contributed by atoms with E-state index < -0.39 is 0 Å². The summed E-state index contributed by atoms with van der Waals surface area (Å²) in [5.74, 6) is 0.373. The Hall–Kier alpha value is -2.60. The van der Waals surface area contributed by atoms with Crippen LogP contribution in [0.1, 0.15) is 18.5 Å².